The van der Waals surface area contributed by atoms with Gasteiger partial charge >= 0.3 is 5.97 Å². The molecule has 1 amide bonds. The quantitative estimate of drug-likeness (QED) is 0.819. The minimum Gasteiger partial charge on any atom is -0.481 e. The molecule has 0 bridgehead atoms. The van der Waals surface area contributed by atoms with Crippen LogP contribution in [0.5, 0.6) is 0 Å². The van der Waals surface area contributed by atoms with Crippen molar-refractivity contribution in [2.75, 3.05) is 6.54 Å². The van der Waals surface area contributed by atoms with Gasteiger partial charge in [-0.1, -0.05) is 49.4 Å². The molecule has 126 valence electrons. The largest absolute Gasteiger partial charge is 0.481 e. The average molecular weight is 329 g/mol. The fraction of sp³-hybridized carbons (Fsp3) is 0.263. The van der Waals surface area contributed by atoms with Gasteiger partial charge in [0, 0.05) is 6.54 Å². The Morgan fingerprint density at radius 3 is 2.12 bits per heavy atom. The monoisotopic (exact) mass is 329 g/mol. The first kappa shape index (κ1) is 17.7. The maximum atomic E-state index is 13.0. The third-order valence-corrected chi connectivity index (χ3v) is 3.98. The van der Waals surface area contributed by atoms with E-state index in [9.17, 15) is 19.1 Å². The first-order chi connectivity index (χ1) is 11.5. The van der Waals surface area contributed by atoms with Crippen molar-refractivity contribution in [3.05, 3.63) is 71.5 Å². The molecule has 4 nitrogen and oxygen atoms in total. The first-order valence-electron chi connectivity index (χ1n) is 7.83. The summed E-state index contributed by atoms with van der Waals surface area (Å²) in [6.45, 7) is 1.87. The van der Waals surface area contributed by atoms with E-state index >= 15 is 0 Å². The van der Waals surface area contributed by atoms with Crippen LogP contribution in [0.1, 0.15) is 36.3 Å². The van der Waals surface area contributed by atoms with Crippen molar-refractivity contribution in [2.45, 2.75) is 25.2 Å². The van der Waals surface area contributed by atoms with E-state index in [4.69, 9.17) is 0 Å². The molecule has 0 saturated carbocycles. The summed E-state index contributed by atoms with van der Waals surface area (Å²) in [5.74, 6) is -2.94. The van der Waals surface area contributed by atoms with E-state index in [2.05, 4.69) is 5.32 Å². The molecular weight excluding hydrogens is 309 g/mol. The lowest BCUT2D eigenvalue weighted by atomic mass is 9.94. The van der Waals surface area contributed by atoms with Crippen molar-refractivity contribution in [1.29, 1.82) is 0 Å². The third kappa shape index (κ3) is 4.41. The molecule has 0 fully saturated rings. The Kier molecular flexibility index (Phi) is 6.07. The molecule has 2 rings (SSSR count). The molecule has 0 aromatic heterocycles. The molecule has 0 aliphatic rings. The number of amides is 1. The Bertz CT molecular complexity index is 686. The van der Waals surface area contributed by atoms with Crippen molar-refractivity contribution in [3.8, 4) is 0 Å². The standard InChI is InChI=1S/C19H20FNO3/c1-2-16(13-6-4-3-5-7-13)18(22)21-12-17(19(23)24)14-8-10-15(20)11-9-14/h3-11,16-17H,2,12H2,1H3,(H,21,22)(H,23,24). The van der Waals surface area contributed by atoms with Gasteiger partial charge in [0.05, 0.1) is 11.8 Å². The summed E-state index contributed by atoms with van der Waals surface area (Å²) >= 11 is 0. The van der Waals surface area contributed by atoms with Gasteiger partial charge in [-0.2, -0.15) is 0 Å². The number of hydrogen-bond donors (Lipinski definition) is 2. The van der Waals surface area contributed by atoms with E-state index in [0.717, 1.165) is 5.56 Å². The predicted octanol–water partition coefficient (Wildman–Crippen LogP) is 3.30. The van der Waals surface area contributed by atoms with E-state index in [1.54, 1.807) is 0 Å². The Labute approximate surface area is 140 Å². The third-order valence-electron chi connectivity index (χ3n) is 3.98. The molecule has 0 spiro atoms. The highest BCUT2D eigenvalue weighted by atomic mass is 19.1. The summed E-state index contributed by atoms with van der Waals surface area (Å²) in [7, 11) is 0. The van der Waals surface area contributed by atoms with Gasteiger partial charge in [0.25, 0.3) is 0 Å². The fourth-order valence-corrected chi connectivity index (χ4v) is 2.63. The smallest absolute Gasteiger partial charge is 0.312 e. The lowest BCUT2D eigenvalue weighted by Crippen LogP contribution is -2.35. The Morgan fingerprint density at radius 1 is 1.00 bits per heavy atom. The average Bonchev–Trinajstić information content (AvgIpc) is 2.58. The maximum Gasteiger partial charge on any atom is 0.312 e. The Morgan fingerprint density at radius 2 is 1.58 bits per heavy atom. The van der Waals surface area contributed by atoms with Gasteiger partial charge in [-0.05, 0) is 29.7 Å². The van der Waals surface area contributed by atoms with Crippen molar-refractivity contribution >= 4 is 11.9 Å². The number of aliphatic carboxylic acids is 1. The number of carbonyl (C=O) groups excluding carboxylic acids is 1. The van der Waals surface area contributed by atoms with Gasteiger partial charge in [0.2, 0.25) is 5.91 Å². The zero-order valence-corrected chi connectivity index (χ0v) is 13.4. The van der Waals surface area contributed by atoms with Crippen LogP contribution in [0, 0.1) is 5.82 Å². The number of nitrogens with one attached hydrogen (secondary N) is 1. The van der Waals surface area contributed by atoms with Crippen LogP contribution in [0.3, 0.4) is 0 Å². The highest BCUT2D eigenvalue weighted by Crippen LogP contribution is 2.20. The maximum absolute atomic E-state index is 13.0. The summed E-state index contributed by atoms with van der Waals surface area (Å²) in [5.41, 5.74) is 1.35. The van der Waals surface area contributed by atoms with Crippen molar-refractivity contribution in [3.63, 3.8) is 0 Å². The minimum absolute atomic E-state index is 0.0386. The molecule has 2 unspecified atom stereocenters. The molecule has 2 atom stereocenters. The molecule has 0 aliphatic carbocycles. The number of carbonyl (C=O) groups is 2. The second kappa shape index (κ2) is 8.24. The second-order valence-electron chi connectivity index (χ2n) is 5.56. The van der Waals surface area contributed by atoms with Gasteiger partial charge in [-0.25, -0.2) is 4.39 Å². The van der Waals surface area contributed by atoms with Gasteiger partial charge in [-0.15, -0.1) is 0 Å². The zero-order valence-electron chi connectivity index (χ0n) is 13.4. The molecule has 2 aromatic rings. The van der Waals surface area contributed by atoms with Crippen LogP contribution >= 0.6 is 0 Å². The Hall–Kier alpha value is -2.69. The summed E-state index contributed by atoms with van der Waals surface area (Å²) < 4.78 is 13.0. The van der Waals surface area contributed by atoms with Crippen LogP contribution in [0.2, 0.25) is 0 Å². The number of carboxylic acids is 1. The molecule has 0 heterocycles. The lowest BCUT2D eigenvalue weighted by molar-refractivity contribution is -0.138. The van der Waals surface area contributed by atoms with E-state index in [0.29, 0.717) is 12.0 Å². The van der Waals surface area contributed by atoms with Gasteiger partial charge in [-0.3, -0.25) is 9.59 Å². The zero-order chi connectivity index (χ0) is 17.5. The number of benzene rings is 2. The van der Waals surface area contributed by atoms with Crippen LogP contribution in [-0.4, -0.2) is 23.5 Å². The van der Waals surface area contributed by atoms with Crippen LogP contribution in [0.25, 0.3) is 0 Å². The van der Waals surface area contributed by atoms with Crippen molar-refractivity contribution in [1.82, 2.24) is 5.32 Å². The molecular formula is C19H20FNO3. The van der Waals surface area contributed by atoms with Crippen LogP contribution in [0.4, 0.5) is 4.39 Å². The molecule has 5 heteroatoms. The summed E-state index contributed by atoms with van der Waals surface area (Å²) in [5, 5.41) is 12.1. The predicted molar refractivity (Wildman–Crippen MR) is 89.3 cm³/mol. The van der Waals surface area contributed by atoms with E-state index in [-0.39, 0.29) is 18.4 Å². The van der Waals surface area contributed by atoms with Crippen LogP contribution < -0.4 is 5.32 Å². The SMILES string of the molecule is CCC(C(=O)NCC(C(=O)O)c1ccc(F)cc1)c1ccccc1. The topological polar surface area (TPSA) is 66.4 Å². The molecule has 2 aromatic carbocycles. The highest BCUT2D eigenvalue weighted by molar-refractivity contribution is 5.84. The number of halogens is 1. The van der Waals surface area contributed by atoms with Gasteiger partial charge in [0.1, 0.15) is 5.82 Å². The van der Waals surface area contributed by atoms with Crippen LogP contribution in [0.15, 0.2) is 54.6 Å². The van der Waals surface area contributed by atoms with E-state index < -0.39 is 17.7 Å². The van der Waals surface area contributed by atoms with Crippen LogP contribution in [-0.2, 0) is 9.59 Å². The number of hydrogen-bond acceptors (Lipinski definition) is 2. The number of carboxylic acid groups (broad SMARTS) is 1. The number of rotatable bonds is 7. The Balaban J connectivity index is 2.07. The molecule has 0 radical (unpaired) electrons. The van der Waals surface area contributed by atoms with Crippen molar-refractivity contribution < 1.29 is 19.1 Å². The molecule has 2 N–H and O–H groups in total. The molecule has 0 aliphatic heterocycles. The van der Waals surface area contributed by atoms with E-state index in [1.165, 1.54) is 24.3 Å². The first-order valence-corrected chi connectivity index (χ1v) is 7.83. The molecule has 0 saturated heterocycles. The molecule has 24 heavy (non-hydrogen) atoms. The van der Waals surface area contributed by atoms with E-state index in [1.807, 2.05) is 37.3 Å². The second-order valence-corrected chi connectivity index (χ2v) is 5.56. The summed E-state index contributed by atoms with van der Waals surface area (Å²) in [6.07, 6.45) is 0.615. The minimum atomic E-state index is -1.06. The normalized spacial score (nSPS) is 13.1. The van der Waals surface area contributed by atoms with Gasteiger partial charge < -0.3 is 10.4 Å². The fourth-order valence-electron chi connectivity index (χ4n) is 2.63. The summed E-state index contributed by atoms with van der Waals surface area (Å²) in [4.78, 5) is 23.9. The lowest BCUT2D eigenvalue weighted by Gasteiger charge is -2.18. The van der Waals surface area contributed by atoms with Crippen molar-refractivity contribution in [2.24, 2.45) is 0 Å². The highest BCUT2D eigenvalue weighted by Gasteiger charge is 2.23. The summed E-state index contributed by atoms with van der Waals surface area (Å²) in [6, 6.07) is 14.6. The van der Waals surface area contributed by atoms with Gasteiger partial charge in [0.15, 0.2) is 0 Å².